The molecule has 0 aromatic carbocycles. The summed E-state index contributed by atoms with van der Waals surface area (Å²) in [4.78, 5) is 22.7. The zero-order valence-electron chi connectivity index (χ0n) is 10.1. The van der Waals surface area contributed by atoms with Gasteiger partial charge in [0.15, 0.2) is 0 Å². The minimum Gasteiger partial charge on any atom is -0.350 e. The number of carbonyl (C=O) groups is 2. The third kappa shape index (κ3) is 4.42. The molecule has 0 unspecified atom stereocenters. The molecule has 6 heteroatoms. The van der Waals surface area contributed by atoms with E-state index in [1.54, 1.807) is 12.1 Å². The average molecular weight is 248 g/mol. The van der Waals surface area contributed by atoms with Crippen LogP contribution >= 0.6 is 0 Å². The minimum absolute atomic E-state index is 0.137. The lowest BCUT2D eigenvalue weighted by atomic mass is 9.90. The van der Waals surface area contributed by atoms with Crippen LogP contribution in [0.15, 0.2) is 0 Å². The zero-order chi connectivity index (χ0) is 13.4. The Bertz CT molecular complexity index is 356. The molecule has 0 aromatic rings. The van der Waals surface area contributed by atoms with Gasteiger partial charge in [-0.3, -0.25) is 9.59 Å². The molecule has 1 rings (SSSR count). The van der Waals surface area contributed by atoms with Crippen LogP contribution in [-0.4, -0.2) is 23.9 Å². The van der Waals surface area contributed by atoms with Crippen molar-refractivity contribution in [2.24, 2.45) is 0 Å². The van der Waals surface area contributed by atoms with Gasteiger partial charge in [0.25, 0.3) is 0 Å². The van der Waals surface area contributed by atoms with E-state index in [4.69, 9.17) is 10.5 Å². The van der Waals surface area contributed by atoms with Gasteiger partial charge in [0.2, 0.25) is 11.8 Å². The van der Waals surface area contributed by atoms with Crippen LogP contribution in [0.5, 0.6) is 0 Å². The van der Waals surface area contributed by atoms with E-state index in [-0.39, 0.29) is 36.7 Å². The lowest BCUT2D eigenvalue weighted by Crippen LogP contribution is -2.53. The number of nitriles is 2. The number of amides is 2. The smallest absolute Gasteiger partial charge is 0.234 e. The molecule has 0 saturated heterocycles. The van der Waals surface area contributed by atoms with Crippen LogP contribution in [0.3, 0.4) is 0 Å². The molecular formula is C12H16N4O2. The molecule has 0 bridgehead atoms. The van der Waals surface area contributed by atoms with Crippen LogP contribution in [-0.2, 0) is 9.59 Å². The Hall–Kier alpha value is -2.08. The molecule has 0 spiro atoms. The monoisotopic (exact) mass is 248 g/mol. The second-order valence-corrected chi connectivity index (χ2v) is 4.30. The molecule has 2 N–H and O–H groups in total. The Balaban J connectivity index is 2.52. The van der Waals surface area contributed by atoms with Crippen LogP contribution in [0.2, 0.25) is 0 Å². The van der Waals surface area contributed by atoms with Gasteiger partial charge < -0.3 is 10.6 Å². The highest BCUT2D eigenvalue weighted by Crippen LogP contribution is 2.18. The van der Waals surface area contributed by atoms with Gasteiger partial charge in [-0.05, 0) is 12.8 Å². The van der Waals surface area contributed by atoms with Gasteiger partial charge in [0.1, 0.15) is 12.8 Å². The maximum atomic E-state index is 11.4. The molecule has 2 amide bonds. The molecule has 1 fully saturated rings. The molecule has 0 aromatic heterocycles. The van der Waals surface area contributed by atoms with E-state index >= 15 is 0 Å². The third-order valence-corrected chi connectivity index (χ3v) is 2.94. The predicted molar refractivity (Wildman–Crippen MR) is 62.8 cm³/mol. The van der Waals surface area contributed by atoms with Crippen LogP contribution < -0.4 is 10.6 Å². The summed E-state index contributed by atoms with van der Waals surface area (Å²) in [5.74, 6) is -0.632. The molecule has 0 heterocycles. The number of hydrogen-bond acceptors (Lipinski definition) is 4. The van der Waals surface area contributed by atoms with Crippen molar-refractivity contribution in [1.29, 1.82) is 10.5 Å². The van der Waals surface area contributed by atoms with E-state index in [0.717, 1.165) is 25.7 Å². The first-order valence-corrected chi connectivity index (χ1v) is 6.00. The van der Waals surface area contributed by atoms with Crippen molar-refractivity contribution in [3.8, 4) is 12.1 Å². The summed E-state index contributed by atoms with van der Waals surface area (Å²) in [5.41, 5.74) is 0. The molecule has 1 saturated carbocycles. The van der Waals surface area contributed by atoms with Gasteiger partial charge >= 0.3 is 0 Å². The minimum atomic E-state index is -0.316. The first-order valence-electron chi connectivity index (χ1n) is 6.00. The molecule has 0 aliphatic heterocycles. The molecule has 18 heavy (non-hydrogen) atoms. The van der Waals surface area contributed by atoms with Crippen LogP contribution in [0.1, 0.15) is 38.5 Å². The number of rotatable bonds is 4. The second kappa shape index (κ2) is 7.29. The fourth-order valence-electron chi connectivity index (χ4n) is 2.14. The number of nitrogens with one attached hydrogen (secondary N) is 2. The number of nitrogens with zero attached hydrogens (tertiary/aromatic N) is 2. The van der Waals surface area contributed by atoms with Crippen molar-refractivity contribution < 1.29 is 9.59 Å². The van der Waals surface area contributed by atoms with E-state index in [1.165, 1.54) is 0 Å². The second-order valence-electron chi connectivity index (χ2n) is 4.30. The molecule has 1 aliphatic rings. The summed E-state index contributed by atoms with van der Waals surface area (Å²) in [5, 5.41) is 22.4. The fraction of sp³-hybridized carbons (Fsp3) is 0.667. The molecule has 1 aliphatic carbocycles. The van der Waals surface area contributed by atoms with E-state index in [2.05, 4.69) is 10.6 Å². The standard InChI is InChI=1S/C12H16N4O2/c13-7-5-11(17)15-9-3-1-2-4-10(9)16-12(18)6-8-14/h9-10H,1-6H2,(H,15,17)(H,16,18)/t9-,10-/m0/s1. The van der Waals surface area contributed by atoms with Gasteiger partial charge in [-0.25, -0.2) is 0 Å². The van der Waals surface area contributed by atoms with Crippen LogP contribution in [0, 0.1) is 22.7 Å². The van der Waals surface area contributed by atoms with E-state index < -0.39 is 0 Å². The van der Waals surface area contributed by atoms with Crippen molar-refractivity contribution in [3.63, 3.8) is 0 Å². The highest BCUT2D eigenvalue weighted by Gasteiger charge is 2.27. The van der Waals surface area contributed by atoms with Gasteiger partial charge in [0.05, 0.1) is 12.1 Å². The Labute approximate surface area is 106 Å². The normalized spacial score (nSPS) is 22.3. The Morgan fingerprint density at radius 1 is 0.944 bits per heavy atom. The quantitative estimate of drug-likeness (QED) is 0.749. The maximum Gasteiger partial charge on any atom is 0.234 e. The van der Waals surface area contributed by atoms with Gasteiger partial charge in [-0.15, -0.1) is 0 Å². The van der Waals surface area contributed by atoms with E-state index in [9.17, 15) is 9.59 Å². The summed E-state index contributed by atoms with van der Waals surface area (Å²) >= 11 is 0. The van der Waals surface area contributed by atoms with Gasteiger partial charge in [0, 0.05) is 12.1 Å². The SMILES string of the molecule is N#CCC(=O)N[C@H]1CCCC[C@@H]1NC(=O)CC#N. The Kier molecular flexibility index (Phi) is 5.66. The summed E-state index contributed by atoms with van der Waals surface area (Å²) in [7, 11) is 0. The lowest BCUT2D eigenvalue weighted by molar-refractivity contribution is -0.124. The zero-order valence-corrected chi connectivity index (χ0v) is 10.1. The molecule has 96 valence electrons. The molecule has 0 radical (unpaired) electrons. The first kappa shape index (κ1) is 14.0. The van der Waals surface area contributed by atoms with Crippen molar-refractivity contribution in [2.75, 3.05) is 0 Å². The van der Waals surface area contributed by atoms with Gasteiger partial charge in [-0.1, -0.05) is 12.8 Å². The highest BCUT2D eigenvalue weighted by atomic mass is 16.2. The number of hydrogen-bond donors (Lipinski definition) is 2. The topological polar surface area (TPSA) is 106 Å². The lowest BCUT2D eigenvalue weighted by Gasteiger charge is -2.32. The molecule has 6 nitrogen and oxygen atoms in total. The van der Waals surface area contributed by atoms with E-state index in [1.807, 2.05) is 0 Å². The van der Waals surface area contributed by atoms with Gasteiger partial charge in [-0.2, -0.15) is 10.5 Å². The van der Waals surface area contributed by atoms with Crippen LogP contribution in [0.25, 0.3) is 0 Å². The average Bonchev–Trinajstić information content (AvgIpc) is 2.32. The maximum absolute atomic E-state index is 11.4. The predicted octanol–water partition coefficient (Wildman–Crippen LogP) is 0.357. The highest BCUT2D eigenvalue weighted by molar-refractivity contribution is 5.79. The first-order chi connectivity index (χ1) is 8.67. The Morgan fingerprint density at radius 2 is 1.33 bits per heavy atom. The number of carbonyl (C=O) groups excluding carboxylic acids is 2. The molecule has 2 atom stereocenters. The largest absolute Gasteiger partial charge is 0.350 e. The van der Waals surface area contributed by atoms with Crippen molar-refractivity contribution in [2.45, 2.75) is 50.6 Å². The summed E-state index contributed by atoms with van der Waals surface area (Å²) in [6, 6.07) is 3.31. The molecular weight excluding hydrogens is 232 g/mol. The summed E-state index contributed by atoms with van der Waals surface area (Å²) in [6.07, 6.45) is 3.21. The van der Waals surface area contributed by atoms with Crippen molar-refractivity contribution >= 4 is 11.8 Å². The third-order valence-electron chi connectivity index (χ3n) is 2.94. The summed E-state index contributed by atoms with van der Waals surface area (Å²) < 4.78 is 0. The van der Waals surface area contributed by atoms with Crippen molar-refractivity contribution in [1.82, 2.24) is 10.6 Å². The fourth-order valence-corrected chi connectivity index (χ4v) is 2.14. The summed E-state index contributed by atoms with van der Waals surface area (Å²) in [6.45, 7) is 0. The van der Waals surface area contributed by atoms with Crippen LogP contribution in [0.4, 0.5) is 0 Å². The Morgan fingerprint density at radius 3 is 1.67 bits per heavy atom. The van der Waals surface area contributed by atoms with Crippen molar-refractivity contribution in [3.05, 3.63) is 0 Å². The van der Waals surface area contributed by atoms with E-state index in [0.29, 0.717) is 0 Å².